The van der Waals surface area contributed by atoms with Crippen molar-refractivity contribution in [2.45, 2.75) is 6.43 Å². The molecule has 6 heteroatoms. The van der Waals surface area contributed by atoms with Gasteiger partial charge in [-0.3, -0.25) is 4.98 Å². The van der Waals surface area contributed by atoms with Gasteiger partial charge >= 0.3 is 0 Å². The van der Waals surface area contributed by atoms with Crippen LogP contribution in [0.2, 0.25) is 5.02 Å². The molecule has 0 radical (unpaired) electrons. The molecule has 0 spiro atoms. The summed E-state index contributed by atoms with van der Waals surface area (Å²) in [5.41, 5.74) is -0.448. The molecule has 0 fully saturated rings. The fraction of sp³-hybridized carbons (Fsp3) is 0.286. The van der Waals surface area contributed by atoms with Crippen molar-refractivity contribution in [1.29, 1.82) is 0 Å². The summed E-state index contributed by atoms with van der Waals surface area (Å²) in [5.74, 6) is -0.0916. The number of alkyl halides is 2. The number of aromatic nitrogens is 1. The molecule has 0 saturated carbocycles. The Hall–Kier alpha value is -0.420. The fourth-order valence-corrected chi connectivity index (χ4v) is 1.32. The van der Waals surface area contributed by atoms with Crippen LogP contribution < -0.4 is 4.74 Å². The van der Waals surface area contributed by atoms with Crippen molar-refractivity contribution in [3.63, 3.8) is 0 Å². The van der Waals surface area contributed by atoms with Gasteiger partial charge in [-0.15, -0.1) is 0 Å². The van der Waals surface area contributed by atoms with E-state index in [9.17, 15) is 8.78 Å². The number of halogens is 4. The van der Waals surface area contributed by atoms with Crippen molar-refractivity contribution in [1.82, 2.24) is 4.98 Å². The smallest absolute Gasteiger partial charge is 0.284 e. The Kier molecular flexibility index (Phi) is 3.44. The van der Waals surface area contributed by atoms with Gasteiger partial charge in [0.2, 0.25) is 0 Å². The maximum atomic E-state index is 12.3. The molecular weight excluding hydrogens is 267 g/mol. The van der Waals surface area contributed by atoms with Gasteiger partial charge in [-0.2, -0.15) is 0 Å². The predicted octanol–water partition coefficient (Wildman–Crippen LogP) is 3.44. The number of rotatable bonds is 2. The molecule has 1 heterocycles. The van der Waals surface area contributed by atoms with Gasteiger partial charge in [0.1, 0.15) is 10.7 Å². The number of nitrogens with zero attached hydrogens (tertiary/aromatic N) is 1. The van der Waals surface area contributed by atoms with E-state index >= 15 is 0 Å². The van der Waals surface area contributed by atoms with Gasteiger partial charge in [0.15, 0.2) is 5.75 Å². The quantitative estimate of drug-likeness (QED) is 0.823. The summed E-state index contributed by atoms with van der Waals surface area (Å²) in [6.45, 7) is 0. The number of hydrogen-bond acceptors (Lipinski definition) is 2. The van der Waals surface area contributed by atoms with Gasteiger partial charge in [0.25, 0.3) is 6.43 Å². The Morgan fingerprint density at radius 2 is 2.23 bits per heavy atom. The van der Waals surface area contributed by atoms with Crippen LogP contribution in [0.15, 0.2) is 10.7 Å². The average Bonchev–Trinajstić information content (AvgIpc) is 2.09. The van der Waals surface area contributed by atoms with Crippen LogP contribution in [0.25, 0.3) is 0 Å². The van der Waals surface area contributed by atoms with Crippen LogP contribution in [0.1, 0.15) is 12.1 Å². The summed E-state index contributed by atoms with van der Waals surface area (Å²) in [4.78, 5) is 3.50. The van der Waals surface area contributed by atoms with Crippen molar-refractivity contribution in [3.05, 3.63) is 21.4 Å². The molecule has 0 atom stereocenters. The molecular formula is C7H5BrClF2NO. The lowest BCUT2D eigenvalue weighted by Crippen LogP contribution is -1.97. The predicted molar refractivity (Wildman–Crippen MR) is 48.5 cm³/mol. The summed E-state index contributed by atoms with van der Waals surface area (Å²) < 4.78 is 29.8. The maximum absolute atomic E-state index is 12.3. The Bertz CT molecular complexity index is 322. The van der Waals surface area contributed by atoms with E-state index in [0.29, 0.717) is 4.47 Å². The van der Waals surface area contributed by atoms with Crippen LogP contribution in [-0.4, -0.2) is 12.1 Å². The molecule has 0 aromatic carbocycles. The van der Waals surface area contributed by atoms with Gasteiger partial charge in [0.05, 0.1) is 11.6 Å². The molecule has 0 saturated heterocycles. The first-order valence-electron chi connectivity index (χ1n) is 3.24. The average molecular weight is 272 g/mol. The highest BCUT2D eigenvalue weighted by Crippen LogP contribution is 2.37. The lowest BCUT2D eigenvalue weighted by Gasteiger charge is -2.08. The third kappa shape index (κ3) is 2.08. The zero-order valence-electron chi connectivity index (χ0n) is 6.52. The van der Waals surface area contributed by atoms with Crippen LogP contribution in [0.3, 0.4) is 0 Å². The van der Waals surface area contributed by atoms with Crippen LogP contribution >= 0.6 is 27.5 Å². The van der Waals surface area contributed by atoms with E-state index < -0.39 is 12.1 Å². The molecule has 0 bridgehead atoms. The maximum Gasteiger partial charge on any atom is 0.284 e. The summed E-state index contributed by atoms with van der Waals surface area (Å²) >= 11 is 8.75. The first-order chi connectivity index (χ1) is 6.07. The second-order valence-corrected chi connectivity index (χ2v) is 3.37. The van der Waals surface area contributed by atoms with Gasteiger partial charge in [-0.1, -0.05) is 11.6 Å². The highest BCUT2D eigenvalue weighted by molar-refractivity contribution is 9.10. The molecule has 0 unspecified atom stereocenters. The summed E-state index contributed by atoms with van der Waals surface area (Å²) in [7, 11) is 1.27. The zero-order valence-corrected chi connectivity index (χ0v) is 8.86. The number of ether oxygens (including phenoxy) is 1. The summed E-state index contributed by atoms with van der Waals surface area (Å²) in [6, 6.07) is 0. The van der Waals surface area contributed by atoms with E-state index in [2.05, 4.69) is 20.9 Å². The second-order valence-electron chi connectivity index (χ2n) is 2.14. The molecule has 72 valence electrons. The Labute approximate surface area is 87.0 Å². The monoisotopic (exact) mass is 271 g/mol. The number of methoxy groups -OCH3 is 1. The van der Waals surface area contributed by atoms with Gasteiger partial charge < -0.3 is 4.74 Å². The fourth-order valence-electron chi connectivity index (χ4n) is 0.812. The molecule has 1 aromatic heterocycles. The SMILES string of the molecule is COc1c(C(F)F)ncc(Br)c1Cl. The van der Waals surface area contributed by atoms with Crippen LogP contribution in [0, 0.1) is 0 Å². The standard InChI is InChI=1S/C7H5BrClF2NO/c1-13-6-4(9)3(8)2-12-5(6)7(10)11/h2,7H,1H3. The van der Waals surface area contributed by atoms with Crippen LogP contribution in [0.4, 0.5) is 8.78 Å². The normalized spacial score (nSPS) is 10.6. The minimum atomic E-state index is -2.69. The Morgan fingerprint density at radius 3 is 2.69 bits per heavy atom. The molecule has 0 aliphatic heterocycles. The van der Waals surface area contributed by atoms with E-state index in [1.54, 1.807) is 0 Å². The minimum absolute atomic E-state index is 0.0916. The first-order valence-corrected chi connectivity index (χ1v) is 4.41. The molecule has 0 aliphatic carbocycles. The number of hydrogen-bond donors (Lipinski definition) is 0. The van der Waals surface area contributed by atoms with E-state index in [1.807, 2.05) is 0 Å². The lowest BCUT2D eigenvalue weighted by atomic mass is 10.3. The summed E-state index contributed by atoms with van der Waals surface area (Å²) in [6.07, 6.45) is -1.48. The van der Waals surface area contributed by atoms with E-state index in [4.69, 9.17) is 16.3 Å². The first kappa shape index (κ1) is 10.7. The molecule has 0 amide bonds. The molecule has 13 heavy (non-hydrogen) atoms. The van der Waals surface area contributed by atoms with Crippen molar-refractivity contribution in [3.8, 4) is 5.75 Å². The third-order valence-electron chi connectivity index (χ3n) is 1.37. The molecule has 1 aromatic rings. The largest absolute Gasteiger partial charge is 0.493 e. The van der Waals surface area contributed by atoms with Gasteiger partial charge in [0, 0.05) is 6.20 Å². The third-order valence-corrected chi connectivity index (χ3v) is 2.57. The highest BCUT2D eigenvalue weighted by Gasteiger charge is 2.19. The minimum Gasteiger partial charge on any atom is -0.493 e. The van der Waals surface area contributed by atoms with Gasteiger partial charge in [-0.05, 0) is 15.9 Å². The van der Waals surface area contributed by atoms with Crippen molar-refractivity contribution in [2.24, 2.45) is 0 Å². The van der Waals surface area contributed by atoms with Crippen molar-refractivity contribution >= 4 is 27.5 Å². The van der Waals surface area contributed by atoms with Crippen molar-refractivity contribution in [2.75, 3.05) is 7.11 Å². The molecule has 2 nitrogen and oxygen atoms in total. The van der Waals surface area contributed by atoms with Crippen molar-refractivity contribution < 1.29 is 13.5 Å². The summed E-state index contributed by atoms with van der Waals surface area (Å²) in [5, 5.41) is 0.104. The molecule has 0 aliphatic rings. The van der Waals surface area contributed by atoms with Crippen LogP contribution in [-0.2, 0) is 0 Å². The Balaban J connectivity index is 3.30. The molecule has 1 rings (SSSR count). The lowest BCUT2D eigenvalue weighted by molar-refractivity contribution is 0.141. The van der Waals surface area contributed by atoms with Crippen LogP contribution in [0.5, 0.6) is 5.75 Å². The van der Waals surface area contributed by atoms with E-state index in [1.165, 1.54) is 13.3 Å². The molecule has 0 N–H and O–H groups in total. The highest BCUT2D eigenvalue weighted by atomic mass is 79.9. The van der Waals surface area contributed by atoms with Gasteiger partial charge in [-0.25, -0.2) is 8.78 Å². The number of pyridine rings is 1. The van der Waals surface area contributed by atoms with E-state index in [-0.39, 0.29) is 10.8 Å². The zero-order chi connectivity index (χ0) is 10.0. The Morgan fingerprint density at radius 1 is 1.62 bits per heavy atom. The second kappa shape index (κ2) is 4.19. The topological polar surface area (TPSA) is 22.1 Å². The van der Waals surface area contributed by atoms with E-state index in [0.717, 1.165) is 0 Å².